The summed E-state index contributed by atoms with van der Waals surface area (Å²) in [5.74, 6) is -0.523. The van der Waals surface area contributed by atoms with E-state index in [1.165, 1.54) is 0 Å². The van der Waals surface area contributed by atoms with Crippen molar-refractivity contribution >= 4 is 21.7 Å². The van der Waals surface area contributed by atoms with Gasteiger partial charge in [-0.3, -0.25) is 14.5 Å². The molecule has 0 spiro atoms. The van der Waals surface area contributed by atoms with Crippen LogP contribution in [0, 0.1) is 0 Å². The van der Waals surface area contributed by atoms with Crippen LogP contribution in [0.4, 0.5) is 0 Å². The van der Waals surface area contributed by atoms with Crippen LogP contribution in [-0.4, -0.2) is 68.5 Å². The first-order chi connectivity index (χ1) is 9.73. The van der Waals surface area contributed by atoms with Crippen LogP contribution in [0.25, 0.3) is 0 Å². The number of hydrogen-bond acceptors (Lipinski definition) is 6. The highest BCUT2D eigenvalue weighted by atomic mass is 32.2. The highest BCUT2D eigenvalue weighted by Crippen LogP contribution is 2.11. The molecule has 1 unspecified atom stereocenters. The first kappa shape index (κ1) is 17.9. The molecular formula is C13H24N2O5S. The second kappa shape index (κ2) is 7.74. The number of rotatable bonds is 7. The monoisotopic (exact) mass is 320 g/mol. The molecule has 1 rings (SSSR count). The van der Waals surface area contributed by atoms with Gasteiger partial charge in [-0.1, -0.05) is 0 Å². The van der Waals surface area contributed by atoms with Crippen LogP contribution in [0.3, 0.4) is 0 Å². The Kier molecular flexibility index (Phi) is 6.60. The molecule has 0 aromatic rings. The van der Waals surface area contributed by atoms with Gasteiger partial charge < -0.3 is 10.1 Å². The summed E-state index contributed by atoms with van der Waals surface area (Å²) < 4.78 is 27.6. The summed E-state index contributed by atoms with van der Waals surface area (Å²) in [6, 6.07) is -0.313. The molecule has 0 aromatic carbocycles. The number of carbonyl (C=O) groups is 2. The van der Waals surface area contributed by atoms with Gasteiger partial charge in [0.25, 0.3) is 0 Å². The molecule has 1 fully saturated rings. The van der Waals surface area contributed by atoms with E-state index < -0.39 is 9.84 Å². The lowest BCUT2D eigenvalue weighted by atomic mass is 10.2. The van der Waals surface area contributed by atoms with Crippen LogP contribution in [0.15, 0.2) is 0 Å². The normalized spacial score (nSPS) is 20.7. The standard InChI is InChI=1S/C13H24N2O5S/c1-4-20-13(17)8-15(10(2)3)7-12(16)14-11-5-6-21(18,19)9-11/h10-11H,4-9H2,1-3H3,(H,14,16). The van der Waals surface area contributed by atoms with Gasteiger partial charge in [0, 0.05) is 12.1 Å². The van der Waals surface area contributed by atoms with Crippen molar-refractivity contribution in [3.05, 3.63) is 0 Å². The average molecular weight is 320 g/mol. The minimum atomic E-state index is -3.01. The molecule has 0 saturated carbocycles. The van der Waals surface area contributed by atoms with Crippen LogP contribution >= 0.6 is 0 Å². The van der Waals surface area contributed by atoms with E-state index >= 15 is 0 Å². The molecule has 1 saturated heterocycles. The van der Waals surface area contributed by atoms with Crippen molar-refractivity contribution in [2.75, 3.05) is 31.2 Å². The SMILES string of the molecule is CCOC(=O)CN(CC(=O)NC1CCS(=O)(=O)C1)C(C)C. The van der Waals surface area contributed by atoms with Crippen molar-refractivity contribution in [2.24, 2.45) is 0 Å². The molecular weight excluding hydrogens is 296 g/mol. The minimum Gasteiger partial charge on any atom is -0.465 e. The summed E-state index contributed by atoms with van der Waals surface area (Å²) in [6.07, 6.45) is 0.452. The van der Waals surface area contributed by atoms with Gasteiger partial charge >= 0.3 is 5.97 Å². The Morgan fingerprint density at radius 3 is 2.48 bits per heavy atom. The second-order valence-electron chi connectivity index (χ2n) is 5.47. The highest BCUT2D eigenvalue weighted by molar-refractivity contribution is 7.91. The Labute approximate surface area is 125 Å². The molecule has 1 aliphatic rings. The lowest BCUT2D eigenvalue weighted by Crippen LogP contribution is -2.46. The third-order valence-electron chi connectivity index (χ3n) is 3.31. The van der Waals surface area contributed by atoms with E-state index in [4.69, 9.17) is 4.74 Å². The predicted octanol–water partition coefficient (Wildman–Crippen LogP) is -0.437. The van der Waals surface area contributed by atoms with E-state index in [1.54, 1.807) is 11.8 Å². The Bertz CT molecular complexity index is 475. The molecule has 1 atom stereocenters. The maximum absolute atomic E-state index is 12.0. The number of carbonyl (C=O) groups excluding carboxylic acids is 2. The first-order valence-electron chi connectivity index (χ1n) is 7.13. The summed E-state index contributed by atoms with van der Waals surface area (Å²) in [6.45, 7) is 5.88. The maximum Gasteiger partial charge on any atom is 0.320 e. The second-order valence-corrected chi connectivity index (χ2v) is 7.70. The molecule has 1 aliphatic heterocycles. The van der Waals surface area contributed by atoms with E-state index in [2.05, 4.69) is 5.32 Å². The van der Waals surface area contributed by atoms with Crippen molar-refractivity contribution in [2.45, 2.75) is 39.3 Å². The van der Waals surface area contributed by atoms with Crippen molar-refractivity contribution < 1.29 is 22.7 Å². The van der Waals surface area contributed by atoms with E-state index in [9.17, 15) is 18.0 Å². The minimum absolute atomic E-state index is 0.00169. The summed E-state index contributed by atoms with van der Waals surface area (Å²) in [4.78, 5) is 25.1. The Hall–Kier alpha value is -1.15. The van der Waals surface area contributed by atoms with Gasteiger partial charge in [0.1, 0.15) is 0 Å². The van der Waals surface area contributed by atoms with Crippen molar-refractivity contribution in [3.63, 3.8) is 0 Å². The lowest BCUT2D eigenvalue weighted by molar-refractivity contribution is -0.145. The molecule has 122 valence electrons. The first-order valence-corrected chi connectivity index (χ1v) is 8.95. The number of hydrogen-bond donors (Lipinski definition) is 1. The van der Waals surface area contributed by atoms with Crippen LogP contribution in [0.2, 0.25) is 0 Å². The zero-order chi connectivity index (χ0) is 16.0. The number of ether oxygens (including phenoxy) is 1. The molecule has 1 amide bonds. The number of nitrogens with zero attached hydrogens (tertiary/aromatic N) is 1. The van der Waals surface area contributed by atoms with Gasteiger partial charge in [-0.05, 0) is 27.2 Å². The molecule has 7 nitrogen and oxygen atoms in total. The van der Waals surface area contributed by atoms with Gasteiger partial charge in [-0.25, -0.2) is 8.42 Å². The summed E-state index contributed by atoms with van der Waals surface area (Å²) in [5, 5.41) is 2.71. The average Bonchev–Trinajstić information content (AvgIpc) is 2.67. The fourth-order valence-corrected chi connectivity index (χ4v) is 3.83. The molecule has 1 heterocycles. The Balaban J connectivity index is 2.47. The van der Waals surface area contributed by atoms with E-state index in [0.29, 0.717) is 13.0 Å². The number of amides is 1. The molecule has 0 aromatic heterocycles. The fraction of sp³-hybridized carbons (Fsp3) is 0.846. The van der Waals surface area contributed by atoms with Crippen LogP contribution in [0.1, 0.15) is 27.2 Å². The maximum atomic E-state index is 12.0. The third-order valence-corrected chi connectivity index (χ3v) is 5.08. The fourth-order valence-electron chi connectivity index (χ4n) is 2.16. The Morgan fingerprint density at radius 1 is 1.33 bits per heavy atom. The molecule has 0 bridgehead atoms. The number of sulfone groups is 1. The van der Waals surface area contributed by atoms with Crippen LogP contribution in [-0.2, 0) is 24.2 Å². The van der Waals surface area contributed by atoms with E-state index in [0.717, 1.165) is 0 Å². The molecule has 1 N–H and O–H groups in total. The van der Waals surface area contributed by atoms with Gasteiger partial charge in [-0.2, -0.15) is 0 Å². The largest absolute Gasteiger partial charge is 0.465 e. The van der Waals surface area contributed by atoms with Gasteiger partial charge in [-0.15, -0.1) is 0 Å². The zero-order valence-corrected chi connectivity index (χ0v) is 13.6. The number of esters is 1. The predicted molar refractivity (Wildman–Crippen MR) is 78.5 cm³/mol. The van der Waals surface area contributed by atoms with Crippen molar-refractivity contribution in [1.29, 1.82) is 0 Å². The smallest absolute Gasteiger partial charge is 0.320 e. The molecule has 21 heavy (non-hydrogen) atoms. The van der Waals surface area contributed by atoms with Gasteiger partial charge in [0.15, 0.2) is 9.84 Å². The third kappa shape index (κ3) is 6.43. The summed E-state index contributed by atoms with van der Waals surface area (Å²) >= 11 is 0. The van der Waals surface area contributed by atoms with Crippen molar-refractivity contribution in [1.82, 2.24) is 10.2 Å². The zero-order valence-electron chi connectivity index (χ0n) is 12.8. The quantitative estimate of drug-likeness (QED) is 0.640. The van der Waals surface area contributed by atoms with Crippen LogP contribution < -0.4 is 5.32 Å². The lowest BCUT2D eigenvalue weighted by Gasteiger charge is -2.25. The number of nitrogens with one attached hydrogen (secondary N) is 1. The summed E-state index contributed by atoms with van der Waals surface area (Å²) in [7, 11) is -3.01. The van der Waals surface area contributed by atoms with Gasteiger partial charge in [0.2, 0.25) is 5.91 Å². The Morgan fingerprint density at radius 2 is 2.00 bits per heavy atom. The van der Waals surface area contributed by atoms with E-state index in [-0.39, 0.29) is 48.6 Å². The molecule has 0 aliphatic carbocycles. The van der Waals surface area contributed by atoms with Crippen molar-refractivity contribution in [3.8, 4) is 0 Å². The summed E-state index contributed by atoms with van der Waals surface area (Å²) in [5.41, 5.74) is 0. The molecule has 0 radical (unpaired) electrons. The van der Waals surface area contributed by atoms with Gasteiger partial charge in [0.05, 0.1) is 31.2 Å². The highest BCUT2D eigenvalue weighted by Gasteiger charge is 2.29. The van der Waals surface area contributed by atoms with E-state index in [1.807, 2.05) is 13.8 Å². The van der Waals surface area contributed by atoms with Crippen LogP contribution in [0.5, 0.6) is 0 Å². The molecule has 8 heteroatoms. The topological polar surface area (TPSA) is 92.8 Å².